The van der Waals surface area contributed by atoms with Crippen LogP contribution in [0.2, 0.25) is 0 Å². The van der Waals surface area contributed by atoms with Crippen molar-refractivity contribution in [3.05, 3.63) is 82.9 Å². The average Bonchev–Trinajstić information content (AvgIpc) is 2.83. The number of fused-ring (bicyclic) bond motifs is 1. The van der Waals surface area contributed by atoms with E-state index in [2.05, 4.69) is 5.32 Å². The fourth-order valence-electron chi connectivity index (χ4n) is 3.31. The lowest BCUT2D eigenvalue weighted by atomic mass is 10.2. The predicted molar refractivity (Wildman–Crippen MR) is 120 cm³/mol. The van der Waals surface area contributed by atoms with Gasteiger partial charge in [0.15, 0.2) is 16.4 Å². The van der Waals surface area contributed by atoms with Crippen LogP contribution in [0.15, 0.2) is 77.7 Å². The van der Waals surface area contributed by atoms with E-state index < -0.39 is 38.0 Å². The molecule has 0 spiro atoms. The number of nitrogens with one attached hydrogen (secondary N) is 1. The van der Waals surface area contributed by atoms with Crippen LogP contribution in [-0.2, 0) is 14.8 Å². The molecule has 0 aliphatic carbocycles. The van der Waals surface area contributed by atoms with Crippen LogP contribution in [0.25, 0.3) is 0 Å². The fourth-order valence-corrected chi connectivity index (χ4v) is 4.89. The Morgan fingerprint density at radius 1 is 0.970 bits per heavy atom. The lowest BCUT2D eigenvalue weighted by Gasteiger charge is -2.24. The zero-order valence-corrected chi connectivity index (χ0v) is 18.0. The summed E-state index contributed by atoms with van der Waals surface area (Å²) in [6.07, 6.45) is 0. The van der Waals surface area contributed by atoms with Gasteiger partial charge < -0.3 is 14.8 Å². The molecule has 0 unspecified atom stereocenters. The molecule has 33 heavy (non-hydrogen) atoms. The fraction of sp³-hybridized carbons (Fsp3) is 0.136. The lowest BCUT2D eigenvalue weighted by molar-refractivity contribution is -0.387. The second-order valence-corrected chi connectivity index (χ2v) is 8.81. The van der Waals surface area contributed by atoms with Crippen molar-refractivity contribution < 1.29 is 27.6 Å². The highest BCUT2D eigenvalue weighted by Crippen LogP contribution is 2.33. The number of rotatable bonds is 7. The van der Waals surface area contributed by atoms with Gasteiger partial charge >= 0.3 is 0 Å². The first-order valence-corrected chi connectivity index (χ1v) is 11.3. The summed E-state index contributed by atoms with van der Waals surface area (Å²) in [5.74, 6) is 0.369. The molecule has 170 valence electrons. The highest BCUT2D eigenvalue weighted by Gasteiger charge is 2.33. The zero-order valence-electron chi connectivity index (χ0n) is 17.2. The first-order valence-electron chi connectivity index (χ1n) is 9.87. The number of nitrogens with zero attached hydrogens (tertiary/aromatic N) is 2. The Morgan fingerprint density at radius 3 is 2.36 bits per heavy atom. The molecule has 3 aromatic rings. The molecule has 0 fully saturated rings. The Hall–Kier alpha value is -4.12. The van der Waals surface area contributed by atoms with E-state index in [-0.39, 0.29) is 5.69 Å². The van der Waals surface area contributed by atoms with Gasteiger partial charge in [-0.2, -0.15) is 0 Å². The summed E-state index contributed by atoms with van der Waals surface area (Å²) in [5.41, 5.74) is -0.000924. The smallest absolute Gasteiger partial charge is 0.289 e. The van der Waals surface area contributed by atoms with E-state index in [0.29, 0.717) is 30.4 Å². The maximum atomic E-state index is 13.4. The third-order valence-corrected chi connectivity index (χ3v) is 6.61. The van der Waals surface area contributed by atoms with Crippen molar-refractivity contribution in [3.63, 3.8) is 0 Å². The first kappa shape index (κ1) is 22.1. The highest BCUT2D eigenvalue weighted by molar-refractivity contribution is 7.93. The molecule has 0 saturated carbocycles. The largest absolute Gasteiger partial charge is 0.486 e. The van der Waals surface area contributed by atoms with Gasteiger partial charge in [-0.1, -0.05) is 30.3 Å². The van der Waals surface area contributed by atoms with Gasteiger partial charge in [0.25, 0.3) is 15.7 Å². The number of para-hydroxylation sites is 2. The van der Waals surface area contributed by atoms with Gasteiger partial charge in [-0.15, -0.1) is 0 Å². The Labute approximate surface area is 189 Å². The van der Waals surface area contributed by atoms with Crippen molar-refractivity contribution >= 4 is 33.0 Å². The number of hydrogen-bond acceptors (Lipinski definition) is 7. The number of sulfonamides is 1. The van der Waals surface area contributed by atoms with E-state index >= 15 is 0 Å². The normalized spacial score (nSPS) is 12.6. The van der Waals surface area contributed by atoms with E-state index in [1.165, 1.54) is 24.3 Å². The van der Waals surface area contributed by atoms with Crippen LogP contribution < -0.4 is 19.1 Å². The number of carbonyl (C=O) groups excluding carboxylic acids is 1. The monoisotopic (exact) mass is 469 g/mol. The minimum atomic E-state index is -4.45. The van der Waals surface area contributed by atoms with Crippen molar-refractivity contribution in [3.8, 4) is 11.5 Å². The molecule has 4 rings (SSSR count). The number of benzene rings is 3. The second-order valence-electron chi connectivity index (χ2n) is 6.98. The standard InChI is InChI=1S/C22H19N3O7S/c26-22(23-16-10-11-19-20(14-16)32-13-12-31-19)15-24(17-6-2-1-3-7-17)33(29,30)21-9-5-4-8-18(21)25(27)28/h1-11,14H,12-13,15H2,(H,23,26). The molecular weight excluding hydrogens is 450 g/mol. The zero-order chi connectivity index (χ0) is 23.4. The van der Waals surface area contributed by atoms with Gasteiger partial charge in [-0.25, -0.2) is 8.42 Å². The summed E-state index contributed by atoms with van der Waals surface area (Å²) in [6.45, 7) is 0.196. The van der Waals surface area contributed by atoms with Gasteiger partial charge in [-0.05, 0) is 30.3 Å². The second kappa shape index (κ2) is 9.17. The molecule has 1 aliphatic heterocycles. The van der Waals surface area contributed by atoms with Crippen LogP contribution in [0, 0.1) is 10.1 Å². The number of ether oxygens (including phenoxy) is 2. The highest BCUT2D eigenvalue weighted by atomic mass is 32.2. The molecule has 0 radical (unpaired) electrons. The van der Waals surface area contributed by atoms with E-state index in [0.717, 1.165) is 16.4 Å². The van der Waals surface area contributed by atoms with Gasteiger partial charge in [0.05, 0.1) is 10.6 Å². The number of amides is 1. The molecule has 0 bridgehead atoms. The molecule has 10 nitrogen and oxygen atoms in total. The van der Waals surface area contributed by atoms with Crippen LogP contribution in [0.3, 0.4) is 0 Å². The maximum Gasteiger partial charge on any atom is 0.289 e. The number of carbonyl (C=O) groups is 1. The molecule has 0 saturated heterocycles. The van der Waals surface area contributed by atoms with E-state index in [9.17, 15) is 23.3 Å². The first-order chi connectivity index (χ1) is 15.9. The molecule has 1 amide bonds. The van der Waals surface area contributed by atoms with E-state index in [1.807, 2.05) is 0 Å². The van der Waals surface area contributed by atoms with Crippen molar-refractivity contribution in [1.82, 2.24) is 0 Å². The molecule has 1 N–H and O–H groups in total. The topological polar surface area (TPSA) is 128 Å². The molecule has 3 aromatic carbocycles. The maximum absolute atomic E-state index is 13.4. The minimum absolute atomic E-state index is 0.188. The van der Waals surface area contributed by atoms with Crippen LogP contribution >= 0.6 is 0 Å². The van der Waals surface area contributed by atoms with Crippen molar-refractivity contribution in [1.29, 1.82) is 0 Å². The van der Waals surface area contributed by atoms with Crippen molar-refractivity contribution in [2.24, 2.45) is 0 Å². The third kappa shape index (κ3) is 4.72. The van der Waals surface area contributed by atoms with Crippen LogP contribution in [-0.4, -0.2) is 39.0 Å². The van der Waals surface area contributed by atoms with Crippen molar-refractivity contribution in [2.75, 3.05) is 29.4 Å². The number of hydrogen-bond donors (Lipinski definition) is 1. The van der Waals surface area contributed by atoms with Gasteiger partial charge in [0, 0.05) is 17.8 Å². The summed E-state index contributed by atoms with van der Waals surface area (Å²) in [4.78, 5) is 23.0. The van der Waals surface area contributed by atoms with Crippen LogP contribution in [0.5, 0.6) is 11.5 Å². The number of nitro benzene ring substituents is 1. The lowest BCUT2D eigenvalue weighted by Crippen LogP contribution is -2.38. The SMILES string of the molecule is O=C(CN(c1ccccc1)S(=O)(=O)c1ccccc1[N+](=O)[O-])Nc1ccc2c(c1)OCCO2. The Kier molecular flexibility index (Phi) is 6.13. The van der Waals surface area contributed by atoms with Gasteiger partial charge in [-0.3, -0.25) is 19.2 Å². The van der Waals surface area contributed by atoms with Crippen LogP contribution in [0.4, 0.5) is 17.1 Å². The quantitative estimate of drug-likeness (QED) is 0.416. The summed E-state index contributed by atoms with van der Waals surface area (Å²) >= 11 is 0. The van der Waals surface area contributed by atoms with E-state index in [4.69, 9.17) is 9.47 Å². The summed E-state index contributed by atoms with van der Waals surface area (Å²) in [5, 5.41) is 14.1. The molecule has 11 heteroatoms. The van der Waals surface area contributed by atoms with Crippen molar-refractivity contribution in [2.45, 2.75) is 4.90 Å². The number of anilines is 2. The van der Waals surface area contributed by atoms with Gasteiger partial charge in [0.2, 0.25) is 5.91 Å². The summed E-state index contributed by atoms with van der Waals surface area (Å²) < 4.78 is 38.7. The Morgan fingerprint density at radius 2 is 1.64 bits per heavy atom. The van der Waals surface area contributed by atoms with Gasteiger partial charge in [0.1, 0.15) is 19.8 Å². The molecule has 1 aliphatic rings. The molecule has 0 atom stereocenters. The number of nitro groups is 1. The summed E-state index contributed by atoms with van der Waals surface area (Å²) in [6, 6.07) is 17.7. The minimum Gasteiger partial charge on any atom is -0.486 e. The Balaban J connectivity index is 1.65. The van der Waals surface area contributed by atoms with E-state index in [1.54, 1.807) is 36.4 Å². The predicted octanol–water partition coefficient (Wildman–Crippen LogP) is 3.20. The van der Waals surface area contributed by atoms with Crippen LogP contribution in [0.1, 0.15) is 0 Å². The summed E-state index contributed by atoms with van der Waals surface area (Å²) in [7, 11) is -4.45. The molecule has 1 heterocycles. The molecule has 0 aromatic heterocycles. The third-order valence-electron chi connectivity index (χ3n) is 4.79. The molecular formula is C22H19N3O7S. The average molecular weight is 469 g/mol. The Bertz CT molecular complexity index is 1300.